The maximum absolute atomic E-state index is 13.3. The molecule has 1 atom stereocenters. The number of likely N-dealkylation sites (tertiary alicyclic amines) is 1. The normalized spacial score (nSPS) is 19.6. The fraction of sp³-hybridized carbons (Fsp3) is 0.375. The van der Waals surface area contributed by atoms with Crippen LogP contribution in [0, 0.1) is 6.92 Å². The molecule has 2 aromatic heterocycles. The second-order valence-electron chi connectivity index (χ2n) is 8.50. The number of aromatic nitrogens is 2. The number of nitrogens with zero attached hydrogens (tertiary/aromatic N) is 4. The highest BCUT2D eigenvalue weighted by atomic mass is 32.2. The molecule has 180 valence electrons. The van der Waals surface area contributed by atoms with E-state index in [9.17, 15) is 22.6 Å². The van der Waals surface area contributed by atoms with E-state index in [2.05, 4.69) is 11.1 Å². The number of aryl methyl sites for hydroxylation is 1. The van der Waals surface area contributed by atoms with E-state index in [-0.39, 0.29) is 31.8 Å². The number of fused-ring (bicyclic) bond motifs is 1. The number of hydrogen-bond donors (Lipinski definition) is 0. The summed E-state index contributed by atoms with van der Waals surface area (Å²) in [6.07, 6.45) is 3.63. The van der Waals surface area contributed by atoms with Crippen molar-refractivity contribution in [2.24, 2.45) is 0 Å². The number of benzene rings is 1. The molecule has 1 unspecified atom stereocenters. The Kier molecular flexibility index (Phi) is 7.06. The van der Waals surface area contributed by atoms with Crippen LogP contribution in [0.3, 0.4) is 0 Å². The van der Waals surface area contributed by atoms with Crippen molar-refractivity contribution < 1.29 is 22.6 Å². The fourth-order valence-corrected chi connectivity index (χ4v) is 5.09. The van der Waals surface area contributed by atoms with E-state index < -0.39 is 16.7 Å². The Morgan fingerprint density at radius 3 is 2.53 bits per heavy atom. The van der Waals surface area contributed by atoms with Crippen LogP contribution in [0.2, 0.25) is 0 Å². The zero-order valence-corrected chi connectivity index (χ0v) is 19.6. The van der Waals surface area contributed by atoms with Gasteiger partial charge in [0.05, 0.1) is 11.4 Å². The summed E-state index contributed by atoms with van der Waals surface area (Å²) in [6, 6.07) is 11.8. The van der Waals surface area contributed by atoms with Gasteiger partial charge in [-0.05, 0) is 36.8 Å². The van der Waals surface area contributed by atoms with Crippen LogP contribution >= 0.6 is 0 Å². The minimum atomic E-state index is -2.66. The standard InChI is InChI=1S/C20H19F2N3O.C4H7NO2S/c1-14-3-2-4-17(11-14)25-8-5-15-12-16(13-23-18(15)25)19(26)24-9-6-20(21,22)7-10-24;6-3-5-1-2-8(7)4-5/h2-5,8,11-13H,6-7,9-10H2,1H3;3H,1-2,4H2. The van der Waals surface area contributed by atoms with E-state index in [1.807, 2.05) is 42.0 Å². The number of amides is 2. The van der Waals surface area contributed by atoms with Crippen LogP contribution in [0.15, 0.2) is 48.8 Å². The van der Waals surface area contributed by atoms with Crippen LogP contribution < -0.4 is 0 Å². The number of halogens is 2. The van der Waals surface area contributed by atoms with Crippen LogP contribution in [0.1, 0.15) is 28.8 Å². The summed E-state index contributed by atoms with van der Waals surface area (Å²) in [5.74, 6) is -1.81. The number of pyridine rings is 1. The second kappa shape index (κ2) is 10.0. The summed E-state index contributed by atoms with van der Waals surface area (Å²) in [5, 5.41) is 0.847. The van der Waals surface area contributed by atoms with Gasteiger partial charge in [-0.3, -0.25) is 13.8 Å². The van der Waals surface area contributed by atoms with Crippen molar-refractivity contribution in [3.05, 3.63) is 59.9 Å². The largest absolute Gasteiger partial charge is 0.338 e. The molecule has 4 heterocycles. The van der Waals surface area contributed by atoms with Crippen molar-refractivity contribution in [2.45, 2.75) is 25.7 Å². The molecule has 0 radical (unpaired) electrons. The molecular weight excluding hydrogens is 462 g/mol. The van der Waals surface area contributed by atoms with Gasteiger partial charge in [-0.15, -0.1) is 0 Å². The van der Waals surface area contributed by atoms with E-state index >= 15 is 0 Å². The van der Waals surface area contributed by atoms with Crippen molar-refractivity contribution in [1.29, 1.82) is 0 Å². The minimum Gasteiger partial charge on any atom is -0.338 e. The van der Waals surface area contributed by atoms with Crippen LogP contribution in [0.5, 0.6) is 0 Å². The Labute approximate surface area is 198 Å². The molecule has 2 aliphatic heterocycles. The average Bonchev–Trinajstić information content (AvgIpc) is 3.44. The monoisotopic (exact) mass is 488 g/mol. The number of carbonyl (C=O) groups is 2. The van der Waals surface area contributed by atoms with E-state index in [4.69, 9.17) is 0 Å². The highest BCUT2D eigenvalue weighted by molar-refractivity contribution is 7.85. The van der Waals surface area contributed by atoms with Crippen LogP contribution in [-0.2, 0) is 15.6 Å². The lowest BCUT2D eigenvalue weighted by Crippen LogP contribution is -2.42. The van der Waals surface area contributed by atoms with Crippen molar-refractivity contribution in [3.63, 3.8) is 0 Å². The smallest absolute Gasteiger partial charge is 0.255 e. The Hall–Kier alpha value is -3.14. The van der Waals surface area contributed by atoms with E-state index in [1.54, 1.807) is 6.07 Å². The topological polar surface area (TPSA) is 75.5 Å². The first-order valence-corrected chi connectivity index (χ1v) is 12.5. The van der Waals surface area contributed by atoms with Crippen molar-refractivity contribution in [1.82, 2.24) is 19.4 Å². The summed E-state index contributed by atoms with van der Waals surface area (Å²) in [4.78, 5) is 30.0. The molecule has 2 fully saturated rings. The van der Waals surface area contributed by atoms with E-state index in [1.165, 1.54) is 16.0 Å². The third-order valence-electron chi connectivity index (χ3n) is 5.90. The lowest BCUT2D eigenvalue weighted by atomic mass is 10.1. The minimum absolute atomic E-state index is 0.0776. The van der Waals surface area contributed by atoms with Crippen molar-refractivity contribution >= 4 is 34.2 Å². The molecular formula is C24H26F2N4O3S. The maximum Gasteiger partial charge on any atom is 0.255 e. The zero-order chi connectivity index (χ0) is 24.3. The Morgan fingerprint density at radius 2 is 1.91 bits per heavy atom. The third kappa shape index (κ3) is 5.49. The van der Waals surface area contributed by atoms with Gasteiger partial charge in [-0.2, -0.15) is 0 Å². The molecule has 2 amide bonds. The van der Waals surface area contributed by atoms with Gasteiger partial charge in [-0.25, -0.2) is 13.8 Å². The number of hydrogen-bond acceptors (Lipinski definition) is 4. The first kappa shape index (κ1) is 24.0. The average molecular weight is 489 g/mol. The fourth-order valence-electron chi connectivity index (χ4n) is 3.96. The molecule has 2 aliphatic rings. The van der Waals surface area contributed by atoms with Crippen LogP contribution in [-0.4, -0.2) is 73.1 Å². The molecule has 2 saturated heterocycles. The summed E-state index contributed by atoms with van der Waals surface area (Å²) < 4.78 is 39.1. The van der Waals surface area contributed by atoms with Crippen molar-refractivity contribution in [3.8, 4) is 5.69 Å². The van der Waals surface area contributed by atoms with Gasteiger partial charge in [0.15, 0.2) is 0 Å². The predicted molar refractivity (Wildman–Crippen MR) is 127 cm³/mol. The summed E-state index contributed by atoms with van der Waals surface area (Å²) in [6.45, 7) is 2.85. The lowest BCUT2D eigenvalue weighted by molar-refractivity contribution is -0.116. The number of rotatable bonds is 3. The lowest BCUT2D eigenvalue weighted by Gasteiger charge is -2.31. The molecule has 10 heteroatoms. The van der Waals surface area contributed by atoms with Gasteiger partial charge in [0.2, 0.25) is 6.41 Å². The summed E-state index contributed by atoms with van der Waals surface area (Å²) in [5.41, 5.74) is 3.35. The molecule has 1 aromatic carbocycles. The predicted octanol–water partition coefficient (Wildman–Crippen LogP) is 3.37. The molecule has 0 bridgehead atoms. The second-order valence-corrected chi connectivity index (χ2v) is 10.0. The molecule has 5 rings (SSSR count). The van der Waals surface area contributed by atoms with Crippen LogP contribution in [0.4, 0.5) is 8.78 Å². The third-order valence-corrected chi connectivity index (χ3v) is 7.16. The Bertz CT molecular complexity index is 1220. The van der Waals surface area contributed by atoms with Gasteiger partial charge < -0.3 is 14.4 Å². The number of carbonyl (C=O) groups excluding carboxylic acids is 2. The van der Waals surface area contributed by atoms with E-state index in [0.29, 0.717) is 23.7 Å². The molecule has 0 N–H and O–H groups in total. The Morgan fingerprint density at radius 1 is 1.15 bits per heavy atom. The quantitative estimate of drug-likeness (QED) is 0.530. The Balaban J connectivity index is 0.000000291. The van der Waals surface area contributed by atoms with Gasteiger partial charge in [0.1, 0.15) is 5.65 Å². The van der Waals surface area contributed by atoms with Gasteiger partial charge in [0, 0.05) is 72.5 Å². The summed E-state index contributed by atoms with van der Waals surface area (Å²) in [7, 11) is -0.758. The molecule has 7 nitrogen and oxygen atoms in total. The maximum atomic E-state index is 13.3. The molecule has 34 heavy (non-hydrogen) atoms. The first-order chi connectivity index (χ1) is 16.3. The molecule has 0 spiro atoms. The molecule has 0 aliphatic carbocycles. The van der Waals surface area contributed by atoms with E-state index in [0.717, 1.165) is 28.7 Å². The highest BCUT2D eigenvalue weighted by Crippen LogP contribution is 2.29. The zero-order valence-electron chi connectivity index (χ0n) is 18.8. The van der Waals surface area contributed by atoms with Gasteiger partial charge >= 0.3 is 0 Å². The van der Waals surface area contributed by atoms with Crippen molar-refractivity contribution in [2.75, 3.05) is 31.3 Å². The molecule has 0 saturated carbocycles. The molecule has 3 aromatic rings. The number of alkyl halides is 2. The first-order valence-electron chi connectivity index (χ1n) is 11.0. The number of piperidine rings is 1. The van der Waals surface area contributed by atoms with Crippen LogP contribution in [0.25, 0.3) is 16.7 Å². The van der Waals surface area contributed by atoms with Gasteiger partial charge in [0.25, 0.3) is 11.8 Å². The SMILES string of the molecule is Cc1cccc(-n2ccc3cc(C(=O)N4CCC(F)(F)CC4)cnc32)c1.O=CN1CCS(=O)C1. The highest BCUT2D eigenvalue weighted by Gasteiger charge is 2.35. The van der Waals surface area contributed by atoms with Gasteiger partial charge in [-0.1, -0.05) is 12.1 Å². The summed E-state index contributed by atoms with van der Waals surface area (Å²) >= 11 is 0.